The maximum atomic E-state index is 10.5. The van der Waals surface area contributed by atoms with Crippen LogP contribution in [0.25, 0.3) is 10.4 Å². The van der Waals surface area contributed by atoms with Crippen LogP contribution < -0.4 is 0 Å². The van der Waals surface area contributed by atoms with E-state index in [1.165, 1.54) is 0 Å². The van der Waals surface area contributed by atoms with Gasteiger partial charge < -0.3 is 25.2 Å². The van der Waals surface area contributed by atoms with Crippen molar-refractivity contribution in [1.29, 1.82) is 0 Å². The van der Waals surface area contributed by atoms with Gasteiger partial charge in [0.25, 0.3) is 0 Å². The lowest BCUT2D eigenvalue weighted by molar-refractivity contribution is -0.227. The molecule has 0 amide bonds. The van der Waals surface area contributed by atoms with Crippen LogP contribution in [0.5, 0.6) is 0 Å². The number of hydrogen-bond acceptors (Lipinski definition) is 8. The Morgan fingerprint density at radius 1 is 1.10 bits per heavy atom. The molecule has 1 aliphatic heterocycles. The Kier molecular flexibility index (Phi) is 6.86. The summed E-state index contributed by atoms with van der Waals surface area (Å²) in [5, 5.41) is 45.6. The molecule has 9 heteroatoms. The third-order valence-electron chi connectivity index (χ3n) is 5.23. The third-order valence-corrected chi connectivity index (χ3v) is 7.32. The molecule has 4 N–H and O–H groups in total. The fourth-order valence-electron chi connectivity index (χ4n) is 3.59. The summed E-state index contributed by atoms with van der Waals surface area (Å²) in [7, 11) is 0. The number of hydrogen-bond donors (Lipinski definition) is 4. The number of thiazole rings is 1. The topological polar surface area (TPSA) is 103 Å². The highest BCUT2D eigenvalue weighted by Gasteiger charge is 2.43. The minimum Gasteiger partial charge on any atom is -0.396 e. The minimum atomic E-state index is -1.37. The predicted octanol–water partition coefficient (Wildman–Crippen LogP) is 3.02. The summed E-state index contributed by atoms with van der Waals surface area (Å²) in [5.41, 5.74) is 2.62. The number of aliphatic hydroxyl groups is 4. The fraction of sp³-hybridized carbons (Fsp3) is 0.381. The van der Waals surface area contributed by atoms with E-state index in [1.54, 1.807) is 34.8 Å². The smallest absolute Gasteiger partial charge is 0.113 e. The van der Waals surface area contributed by atoms with Gasteiger partial charge in [-0.05, 0) is 40.4 Å². The van der Waals surface area contributed by atoms with Crippen molar-refractivity contribution in [3.63, 3.8) is 0 Å². The van der Waals surface area contributed by atoms with Crippen molar-refractivity contribution in [3.05, 3.63) is 62.4 Å². The largest absolute Gasteiger partial charge is 0.396 e. The molecule has 4 rings (SSSR count). The van der Waals surface area contributed by atoms with E-state index in [2.05, 4.69) is 16.4 Å². The van der Waals surface area contributed by atoms with E-state index >= 15 is 0 Å². The molecule has 160 valence electrons. The first-order chi connectivity index (χ1) is 14.5. The molecular formula is C21H22ClNO5S2. The van der Waals surface area contributed by atoms with Crippen LogP contribution in [-0.2, 0) is 11.2 Å². The molecule has 0 aliphatic carbocycles. The number of thiophene rings is 1. The molecule has 2 aromatic heterocycles. The average Bonchev–Trinajstić information content (AvgIpc) is 3.42. The lowest BCUT2D eigenvalue weighted by Gasteiger charge is -2.41. The van der Waals surface area contributed by atoms with Crippen LogP contribution in [-0.4, -0.2) is 56.4 Å². The molecular weight excluding hydrogens is 446 g/mol. The quantitative estimate of drug-likeness (QED) is 0.444. The van der Waals surface area contributed by atoms with Gasteiger partial charge in [0.1, 0.15) is 24.4 Å². The predicted molar refractivity (Wildman–Crippen MR) is 117 cm³/mol. The molecule has 3 aromatic rings. The number of aromatic nitrogens is 1. The molecule has 3 heterocycles. The molecule has 1 aromatic carbocycles. The molecule has 5 atom stereocenters. The lowest BCUT2D eigenvalue weighted by Crippen LogP contribution is -2.54. The Balaban J connectivity index is 1.57. The van der Waals surface area contributed by atoms with E-state index in [1.807, 2.05) is 17.6 Å². The summed E-state index contributed by atoms with van der Waals surface area (Å²) in [6, 6.07) is 7.36. The van der Waals surface area contributed by atoms with Crippen molar-refractivity contribution in [2.24, 2.45) is 0 Å². The first kappa shape index (κ1) is 21.9. The number of halogens is 1. The fourth-order valence-corrected chi connectivity index (χ4v) is 5.44. The molecule has 0 saturated carbocycles. The first-order valence-corrected chi connectivity index (χ1v) is 11.7. The maximum absolute atomic E-state index is 10.5. The average molecular weight is 468 g/mol. The molecule has 1 aliphatic rings. The zero-order valence-electron chi connectivity index (χ0n) is 15.9. The Morgan fingerprint density at radius 2 is 1.93 bits per heavy atom. The highest BCUT2D eigenvalue weighted by molar-refractivity contribution is 7.15. The van der Waals surface area contributed by atoms with Gasteiger partial charge in [-0.2, -0.15) is 11.3 Å². The van der Waals surface area contributed by atoms with E-state index in [-0.39, 0.29) is 13.0 Å². The summed E-state index contributed by atoms with van der Waals surface area (Å²) in [6.07, 6.45) is -3.01. The molecule has 0 spiro atoms. The van der Waals surface area contributed by atoms with Gasteiger partial charge in [0.05, 0.1) is 16.0 Å². The normalized spacial score (nSPS) is 26.8. The highest BCUT2D eigenvalue weighted by atomic mass is 35.5. The third kappa shape index (κ3) is 4.46. The maximum Gasteiger partial charge on any atom is 0.113 e. The van der Waals surface area contributed by atoms with E-state index in [0.717, 1.165) is 21.0 Å². The van der Waals surface area contributed by atoms with Crippen molar-refractivity contribution in [3.8, 4) is 10.4 Å². The summed E-state index contributed by atoms with van der Waals surface area (Å²) in [5.74, 6) is 0. The van der Waals surface area contributed by atoms with Crippen LogP contribution in [0.2, 0.25) is 5.02 Å². The standard InChI is InChI=1S/C21H22ClNO5S2/c22-14-2-1-11(21-20(27)19(26)18(25)15(28-21)3-5-24)7-13(14)8-17-23-9-16(30-17)12-4-6-29-10-12/h1-2,4,6-7,9-10,15,18-21,24-27H,3,5,8H2/t15-,18-,19-,20-,21+/m1/s1. The van der Waals surface area contributed by atoms with Gasteiger partial charge in [-0.1, -0.05) is 23.7 Å². The van der Waals surface area contributed by atoms with E-state index in [9.17, 15) is 20.4 Å². The first-order valence-electron chi connectivity index (χ1n) is 9.54. The molecule has 30 heavy (non-hydrogen) atoms. The summed E-state index contributed by atoms with van der Waals surface area (Å²) in [6.45, 7) is -0.195. The second-order valence-corrected chi connectivity index (χ2v) is 9.54. The Bertz CT molecular complexity index is 980. The van der Waals surface area contributed by atoms with Gasteiger partial charge in [-0.15, -0.1) is 11.3 Å². The minimum absolute atomic E-state index is 0.159. The van der Waals surface area contributed by atoms with Crippen LogP contribution in [0.1, 0.15) is 28.7 Å². The summed E-state index contributed by atoms with van der Waals surface area (Å²) < 4.78 is 5.83. The number of ether oxygens (including phenoxy) is 1. The van der Waals surface area contributed by atoms with E-state index in [4.69, 9.17) is 16.3 Å². The van der Waals surface area contributed by atoms with Crippen LogP contribution >= 0.6 is 34.3 Å². The number of nitrogens with zero attached hydrogens (tertiary/aromatic N) is 1. The second kappa shape index (κ2) is 9.42. The monoisotopic (exact) mass is 467 g/mol. The van der Waals surface area contributed by atoms with Crippen molar-refractivity contribution in [2.75, 3.05) is 6.61 Å². The van der Waals surface area contributed by atoms with Gasteiger partial charge in [0, 0.05) is 29.8 Å². The van der Waals surface area contributed by atoms with Crippen molar-refractivity contribution in [1.82, 2.24) is 4.98 Å². The molecule has 0 bridgehead atoms. The van der Waals surface area contributed by atoms with E-state index in [0.29, 0.717) is 17.0 Å². The van der Waals surface area contributed by atoms with Crippen molar-refractivity contribution in [2.45, 2.75) is 43.4 Å². The van der Waals surface area contributed by atoms with Crippen LogP contribution in [0.4, 0.5) is 0 Å². The van der Waals surface area contributed by atoms with Gasteiger partial charge in [-0.3, -0.25) is 0 Å². The second-order valence-electron chi connectivity index (χ2n) is 7.24. The van der Waals surface area contributed by atoms with Crippen molar-refractivity contribution >= 4 is 34.3 Å². The van der Waals surface area contributed by atoms with Gasteiger partial charge in [-0.25, -0.2) is 4.98 Å². The lowest BCUT2D eigenvalue weighted by atomic mass is 9.89. The Morgan fingerprint density at radius 3 is 2.67 bits per heavy atom. The highest BCUT2D eigenvalue weighted by Crippen LogP contribution is 2.36. The van der Waals surface area contributed by atoms with Gasteiger partial charge in [0.2, 0.25) is 0 Å². The van der Waals surface area contributed by atoms with Crippen LogP contribution in [0, 0.1) is 0 Å². The zero-order valence-corrected chi connectivity index (χ0v) is 18.3. The SMILES string of the molecule is OCC[C@H]1O[C@@H](c2ccc(Cl)c(Cc3ncc(-c4ccsc4)s3)c2)[C@H](O)[C@H](O)[C@@H]1O. The Hall–Kier alpha value is -1.36. The number of rotatable bonds is 6. The van der Waals surface area contributed by atoms with Gasteiger partial charge >= 0.3 is 0 Å². The van der Waals surface area contributed by atoms with Crippen LogP contribution in [0.15, 0.2) is 41.2 Å². The Labute approximate surface area is 187 Å². The van der Waals surface area contributed by atoms with E-state index < -0.39 is 30.5 Å². The van der Waals surface area contributed by atoms with Crippen molar-refractivity contribution < 1.29 is 25.2 Å². The molecule has 1 saturated heterocycles. The summed E-state index contributed by atoms with van der Waals surface area (Å²) in [4.78, 5) is 5.60. The van der Waals surface area contributed by atoms with Gasteiger partial charge in [0.15, 0.2) is 0 Å². The molecule has 0 unspecified atom stereocenters. The zero-order chi connectivity index (χ0) is 21.3. The molecule has 1 fully saturated rings. The molecule has 0 radical (unpaired) electrons. The number of benzene rings is 1. The molecule has 6 nitrogen and oxygen atoms in total. The number of aliphatic hydroxyl groups excluding tert-OH is 4. The summed E-state index contributed by atoms with van der Waals surface area (Å²) >= 11 is 9.65. The van der Waals surface area contributed by atoms with Crippen LogP contribution in [0.3, 0.4) is 0 Å².